The van der Waals surface area contributed by atoms with Crippen LogP contribution in [0.25, 0.3) is 22.3 Å². The molecule has 29 heavy (non-hydrogen) atoms. The Morgan fingerprint density at radius 2 is 1.45 bits per heavy atom. The zero-order valence-electron chi connectivity index (χ0n) is 16.3. The number of benzene rings is 3. The highest BCUT2D eigenvalue weighted by Gasteiger charge is 2.21. The molecule has 0 nitrogen and oxygen atoms in total. The first-order chi connectivity index (χ1) is 13.9. The molecule has 0 fully saturated rings. The van der Waals surface area contributed by atoms with Crippen LogP contribution >= 0.6 is 0 Å². The fourth-order valence-electron chi connectivity index (χ4n) is 3.68. The van der Waals surface area contributed by atoms with Gasteiger partial charge in [-0.1, -0.05) is 77.9 Å². The van der Waals surface area contributed by atoms with Crippen molar-refractivity contribution in [3.05, 3.63) is 107 Å². The monoisotopic (exact) mass is 390 g/mol. The van der Waals surface area contributed by atoms with Crippen LogP contribution in [0.15, 0.2) is 78.4 Å². The second-order valence-electron chi connectivity index (χ2n) is 7.54. The van der Waals surface area contributed by atoms with Gasteiger partial charge in [0.15, 0.2) is 11.6 Å². The van der Waals surface area contributed by atoms with Crippen LogP contribution in [0.2, 0.25) is 0 Å². The maximum Gasteiger partial charge on any atom is 0.166 e. The fourth-order valence-corrected chi connectivity index (χ4v) is 3.68. The molecule has 0 radical (unpaired) electrons. The Labute approximate surface area is 169 Å². The summed E-state index contributed by atoms with van der Waals surface area (Å²) in [5.41, 5.74) is 4.07. The van der Waals surface area contributed by atoms with Crippen molar-refractivity contribution in [2.75, 3.05) is 0 Å². The van der Waals surface area contributed by atoms with E-state index in [0.717, 1.165) is 16.7 Å². The molecule has 0 amide bonds. The third-order valence-electron chi connectivity index (χ3n) is 5.44. The number of hydrogen-bond acceptors (Lipinski definition) is 0. The van der Waals surface area contributed by atoms with Crippen molar-refractivity contribution in [3.8, 4) is 22.3 Å². The molecule has 0 aromatic heterocycles. The largest absolute Gasteiger partial charge is 0.206 e. The molecule has 1 aliphatic rings. The van der Waals surface area contributed by atoms with Crippen LogP contribution in [-0.4, -0.2) is 0 Å². The van der Waals surface area contributed by atoms with E-state index in [9.17, 15) is 13.2 Å². The van der Waals surface area contributed by atoms with Crippen LogP contribution in [0.1, 0.15) is 30.4 Å². The van der Waals surface area contributed by atoms with Gasteiger partial charge in [-0.25, -0.2) is 13.2 Å². The first-order valence-electron chi connectivity index (χ1n) is 9.64. The minimum atomic E-state index is -0.940. The minimum Gasteiger partial charge on any atom is -0.206 e. The molecule has 0 aliphatic heterocycles. The summed E-state index contributed by atoms with van der Waals surface area (Å²) in [6.07, 6.45) is 6.45. The summed E-state index contributed by atoms with van der Waals surface area (Å²) in [7, 11) is 0. The number of hydrogen-bond donors (Lipinski definition) is 0. The normalized spacial score (nSPS) is 16.0. The Hall–Kier alpha value is -3.07. The van der Waals surface area contributed by atoms with Gasteiger partial charge in [-0.3, -0.25) is 0 Å². The third-order valence-corrected chi connectivity index (χ3v) is 5.44. The van der Waals surface area contributed by atoms with Crippen LogP contribution in [0.3, 0.4) is 0 Å². The molecule has 3 heteroatoms. The molecule has 4 rings (SSSR count). The Balaban J connectivity index is 1.68. The van der Waals surface area contributed by atoms with Gasteiger partial charge in [0.25, 0.3) is 0 Å². The quantitative estimate of drug-likeness (QED) is 0.429. The van der Waals surface area contributed by atoms with E-state index >= 15 is 0 Å². The van der Waals surface area contributed by atoms with E-state index in [1.54, 1.807) is 18.2 Å². The summed E-state index contributed by atoms with van der Waals surface area (Å²) in [4.78, 5) is 0. The van der Waals surface area contributed by atoms with Crippen LogP contribution < -0.4 is 0 Å². The highest BCUT2D eigenvalue weighted by Crippen LogP contribution is 2.35. The SMILES string of the molecule is CC1=CCC(c2ccc(-c3ccc(-c4ccc(C)cc4)c(F)c3)c(F)c2F)C=C1. The van der Waals surface area contributed by atoms with Gasteiger partial charge < -0.3 is 0 Å². The van der Waals surface area contributed by atoms with Crippen molar-refractivity contribution in [2.24, 2.45) is 0 Å². The second-order valence-corrected chi connectivity index (χ2v) is 7.54. The van der Waals surface area contributed by atoms with Gasteiger partial charge in [0, 0.05) is 17.0 Å². The Bertz CT molecular complexity index is 1120. The lowest BCUT2D eigenvalue weighted by Gasteiger charge is -2.17. The highest BCUT2D eigenvalue weighted by molar-refractivity contribution is 5.72. The molecular formula is C26H21F3. The zero-order chi connectivity index (χ0) is 20.5. The first kappa shape index (κ1) is 19.3. The minimum absolute atomic E-state index is 0.0621. The van der Waals surface area contributed by atoms with E-state index in [2.05, 4.69) is 0 Å². The van der Waals surface area contributed by atoms with Gasteiger partial charge in [-0.15, -0.1) is 0 Å². The van der Waals surface area contributed by atoms with Crippen molar-refractivity contribution in [1.82, 2.24) is 0 Å². The fraction of sp³-hybridized carbons (Fsp3) is 0.154. The van der Waals surface area contributed by atoms with Crippen molar-refractivity contribution in [1.29, 1.82) is 0 Å². The lowest BCUT2D eigenvalue weighted by molar-refractivity contribution is 0.497. The molecule has 1 unspecified atom stereocenters. The van der Waals surface area contributed by atoms with E-state index in [1.807, 2.05) is 56.3 Å². The van der Waals surface area contributed by atoms with Crippen LogP contribution in [0.4, 0.5) is 13.2 Å². The number of halogens is 3. The molecule has 0 saturated heterocycles. The Morgan fingerprint density at radius 3 is 2.10 bits per heavy atom. The van der Waals surface area contributed by atoms with Gasteiger partial charge in [0.2, 0.25) is 0 Å². The standard InChI is InChI=1S/C26H21F3/c1-16-3-7-18(8-4-16)21-12-11-20(15-24(21)27)23-14-13-22(25(28)26(23)29)19-9-5-17(2)6-10-19/h3-9,11-15,19H,10H2,1-2H3. The molecule has 0 spiro atoms. The van der Waals surface area contributed by atoms with Crippen molar-refractivity contribution in [2.45, 2.75) is 26.2 Å². The average Bonchev–Trinajstić information content (AvgIpc) is 2.72. The highest BCUT2D eigenvalue weighted by atomic mass is 19.2. The van der Waals surface area contributed by atoms with Gasteiger partial charge in [0.05, 0.1) is 0 Å². The molecule has 0 heterocycles. The van der Waals surface area contributed by atoms with Crippen LogP contribution in [0.5, 0.6) is 0 Å². The molecule has 0 saturated carbocycles. The van der Waals surface area contributed by atoms with E-state index in [0.29, 0.717) is 23.1 Å². The van der Waals surface area contributed by atoms with Crippen LogP contribution in [-0.2, 0) is 0 Å². The third kappa shape index (κ3) is 3.77. The van der Waals surface area contributed by atoms with E-state index in [-0.39, 0.29) is 11.5 Å². The number of rotatable bonds is 3. The number of aryl methyl sites for hydroxylation is 1. The van der Waals surface area contributed by atoms with Gasteiger partial charge >= 0.3 is 0 Å². The molecule has 0 N–H and O–H groups in total. The predicted octanol–water partition coefficient (Wildman–Crippen LogP) is 7.74. The molecule has 1 atom stereocenters. The lowest BCUT2D eigenvalue weighted by atomic mass is 9.88. The second kappa shape index (κ2) is 7.75. The summed E-state index contributed by atoms with van der Waals surface area (Å²) >= 11 is 0. The van der Waals surface area contributed by atoms with Crippen molar-refractivity contribution < 1.29 is 13.2 Å². The van der Waals surface area contributed by atoms with E-state index < -0.39 is 17.5 Å². The Kier molecular flexibility index (Phi) is 5.14. The predicted molar refractivity (Wildman–Crippen MR) is 112 cm³/mol. The topological polar surface area (TPSA) is 0 Å². The molecule has 3 aromatic rings. The van der Waals surface area contributed by atoms with Gasteiger partial charge in [-0.2, -0.15) is 0 Å². The smallest absolute Gasteiger partial charge is 0.166 e. The summed E-state index contributed by atoms with van der Waals surface area (Å²) in [5, 5.41) is 0. The summed E-state index contributed by atoms with van der Waals surface area (Å²) in [5.74, 6) is -2.47. The molecule has 3 aromatic carbocycles. The van der Waals surface area contributed by atoms with Crippen molar-refractivity contribution in [3.63, 3.8) is 0 Å². The summed E-state index contributed by atoms with van der Waals surface area (Å²) < 4.78 is 44.4. The zero-order valence-corrected chi connectivity index (χ0v) is 16.3. The maximum atomic E-state index is 14.8. The van der Waals surface area contributed by atoms with Gasteiger partial charge in [0.1, 0.15) is 5.82 Å². The van der Waals surface area contributed by atoms with Gasteiger partial charge in [-0.05, 0) is 43.0 Å². The van der Waals surface area contributed by atoms with E-state index in [1.165, 1.54) is 12.1 Å². The molecule has 0 bridgehead atoms. The Morgan fingerprint density at radius 1 is 0.759 bits per heavy atom. The van der Waals surface area contributed by atoms with Crippen LogP contribution in [0, 0.1) is 24.4 Å². The lowest BCUT2D eigenvalue weighted by Crippen LogP contribution is -2.04. The average molecular weight is 390 g/mol. The summed E-state index contributed by atoms with van der Waals surface area (Å²) in [6, 6.07) is 15.1. The molecule has 146 valence electrons. The summed E-state index contributed by atoms with van der Waals surface area (Å²) in [6.45, 7) is 3.94. The molecular weight excluding hydrogens is 369 g/mol. The number of allylic oxidation sites excluding steroid dienone is 4. The maximum absolute atomic E-state index is 14.8. The van der Waals surface area contributed by atoms with E-state index in [4.69, 9.17) is 0 Å². The molecule has 1 aliphatic carbocycles. The first-order valence-corrected chi connectivity index (χ1v) is 9.64. The van der Waals surface area contributed by atoms with Crippen molar-refractivity contribution >= 4 is 0 Å².